The third-order valence-corrected chi connectivity index (χ3v) is 7.78. The molecule has 0 aliphatic carbocycles. The van der Waals surface area contributed by atoms with Crippen LogP contribution in [0.1, 0.15) is 29.7 Å². The Morgan fingerprint density at radius 1 is 1.02 bits per heavy atom. The van der Waals surface area contributed by atoms with E-state index in [1.54, 1.807) is 38.3 Å². The third kappa shape index (κ3) is 5.68. The number of rotatable bonds is 8. The first-order valence-electron chi connectivity index (χ1n) is 12.9. The van der Waals surface area contributed by atoms with E-state index in [1.807, 2.05) is 43.3 Å². The zero-order valence-corrected chi connectivity index (χ0v) is 24.0. The number of aryl methyl sites for hydroxylation is 1. The lowest BCUT2D eigenvalue weighted by Crippen LogP contribution is -2.40. The molecule has 5 rings (SSSR count). The number of nitrogens with one attached hydrogen (secondary N) is 1. The lowest BCUT2D eigenvalue weighted by atomic mass is 9.95. The largest absolute Gasteiger partial charge is 0.497 e. The van der Waals surface area contributed by atoms with E-state index in [9.17, 15) is 18.4 Å². The van der Waals surface area contributed by atoms with E-state index in [4.69, 9.17) is 9.47 Å². The minimum atomic E-state index is -3.01. The summed E-state index contributed by atoms with van der Waals surface area (Å²) in [5.74, 6) is 0.232. The number of anilines is 1. The van der Waals surface area contributed by atoms with Gasteiger partial charge in [0.05, 0.1) is 36.1 Å². The van der Waals surface area contributed by atoms with Gasteiger partial charge in [0.15, 0.2) is 16.3 Å². The summed E-state index contributed by atoms with van der Waals surface area (Å²) in [7, 11) is 2.90. The van der Waals surface area contributed by atoms with E-state index >= 15 is 0 Å². The van der Waals surface area contributed by atoms with Crippen LogP contribution in [0, 0.1) is 6.92 Å². The quantitative estimate of drug-likeness (QED) is 0.318. The monoisotopic (exact) mass is 591 g/mol. The fourth-order valence-corrected chi connectivity index (χ4v) is 5.78. The number of hydrogen-bond acceptors (Lipinski definition) is 7. The summed E-state index contributed by atoms with van der Waals surface area (Å²) < 4.78 is 42.4. The number of amides is 1. The minimum absolute atomic E-state index is 0.0962. The summed E-state index contributed by atoms with van der Waals surface area (Å²) in [4.78, 5) is 32.8. The van der Waals surface area contributed by atoms with Gasteiger partial charge in [0, 0.05) is 5.69 Å². The normalized spacial score (nSPS) is 14.8. The molecule has 0 saturated carbocycles. The number of thiazole rings is 1. The molecule has 1 aromatic heterocycles. The van der Waals surface area contributed by atoms with Gasteiger partial charge in [0.25, 0.3) is 11.5 Å². The van der Waals surface area contributed by atoms with Crippen LogP contribution >= 0.6 is 11.3 Å². The Morgan fingerprint density at radius 2 is 1.76 bits per heavy atom. The lowest BCUT2D eigenvalue weighted by molar-refractivity contribution is -0.113. The second kappa shape index (κ2) is 12.0. The molecule has 0 radical (unpaired) electrons. The summed E-state index contributed by atoms with van der Waals surface area (Å²) in [5.41, 5.74) is 3.23. The highest BCUT2D eigenvalue weighted by Gasteiger charge is 2.32. The fraction of sp³-hybridized carbons (Fsp3) is 0.194. The van der Waals surface area contributed by atoms with Gasteiger partial charge in [-0.3, -0.25) is 14.2 Å². The number of carbonyl (C=O) groups excluding carboxylic acids is 1. The number of allylic oxidation sites excluding steroid dienone is 1. The van der Waals surface area contributed by atoms with Gasteiger partial charge in [-0.15, -0.1) is 0 Å². The molecule has 1 aliphatic rings. The van der Waals surface area contributed by atoms with E-state index in [2.05, 4.69) is 15.0 Å². The van der Waals surface area contributed by atoms with Crippen molar-refractivity contribution in [1.29, 1.82) is 0 Å². The van der Waals surface area contributed by atoms with Crippen LogP contribution in [0.25, 0.3) is 6.08 Å². The summed E-state index contributed by atoms with van der Waals surface area (Å²) in [5, 5.41) is 2.98. The minimum Gasteiger partial charge on any atom is -0.497 e. The number of nitrogens with zero attached hydrogens (tertiary/aromatic N) is 2. The number of para-hydroxylation sites is 1. The highest BCUT2D eigenvalue weighted by molar-refractivity contribution is 7.07. The van der Waals surface area contributed by atoms with Crippen LogP contribution in [0.2, 0.25) is 0 Å². The molecule has 42 heavy (non-hydrogen) atoms. The Kier molecular flexibility index (Phi) is 8.21. The molecule has 1 atom stereocenters. The predicted molar refractivity (Wildman–Crippen MR) is 156 cm³/mol. The molecule has 216 valence electrons. The Balaban J connectivity index is 1.63. The molecule has 0 fully saturated rings. The smallest absolute Gasteiger partial charge is 0.387 e. The topological polar surface area (TPSA) is 91.2 Å². The van der Waals surface area contributed by atoms with Gasteiger partial charge in [-0.2, -0.15) is 8.78 Å². The number of fused-ring (bicyclic) bond motifs is 1. The molecule has 1 amide bonds. The summed E-state index contributed by atoms with van der Waals surface area (Å²) in [6.07, 6.45) is 1.62. The van der Waals surface area contributed by atoms with Crippen LogP contribution in [0.3, 0.4) is 0 Å². The molecule has 8 nitrogen and oxygen atoms in total. The summed E-state index contributed by atoms with van der Waals surface area (Å²) in [6, 6.07) is 18.2. The van der Waals surface area contributed by atoms with Crippen LogP contribution in [-0.2, 0) is 4.79 Å². The number of alkyl halides is 2. The summed E-state index contributed by atoms with van der Waals surface area (Å²) in [6.45, 7) is 0.632. The predicted octanol–water partition coefficient (Wildman–Crippen LogP) is 4.80. The van der Waals surface area contributed by atoms with Crippen molar-refractivity contribution in [2.45, 2.75) is 26.5 Å². The van der Waals surface area contributed by atoms with Gasteiger partial charge in [-0.05, 0) is 66.9 Å². The average molecular weight is 592 g/mol. The van der Waals surface area contributed by atoms with Crippen LogP contribution in [0.15, 0.2) is 87.8 Å². The lowest BCUT2D eigenvalue weighted by Gasteiger charge is -2.25. The Bertz CT molecular complexity index is 1860. The van der Waals surface area contributed by atoms with E-state index in [-0.39, 0.29) is 23.0 Å². The zero-order chi connectivity index (χ0) is 30.0. The molecule has 0 spiro atoms. The van der Waals surface area contributed by atoms with Crippen molar-refractivity contribution in [3.8, 4) is 17.2 Å². The number of ether oxygens (including phenoxy) is 3. The van der Waals surface area contributed by atoms with Gasteiger partial charge >= 0.3 is 6.61 Å². The average Bonchev–Trinajstić information content (AvgIpc) is 3.27. The highest BCUT2D eigenvalue weighted by Crippen LogP contribution is 2.32. The molecular formula is C31H27F2N3O5S. The van der Waals surface area contributed by atoms with Crippen LogP contribution < -0.4 is 34.4 Å². The van der Waals surface area contributed by atoms with Crippen LogP contribution in [-0.4, -0.2) is 31.3 Å². The molecule has 1 N–H and O–H groups in total. The number of carbonyl (C=O) groups is 1. The van der Waals surface area contributed by atoms with E-state index in [0.717, 1.165) is 16.9 Å². The second-order valence-corrected chi connectivity index (χ2v) is 10.4. The first-order valence-corrected chi connectivity index (χ1v) is 13.7. The van der Waals surface area contributed by atoms with Crippen molar-refractivity contribution >= 4 is 29.0 Å². The standard InChI is InChI=1S/C31H27F2N3O5S/c1-17-7-5-6-8-22(17)35-28(37)26-18(2)34-31-36(27(26)20-10-12-21(39-3)13-11-20)29(38)25(42-31)16-19-9-14-23(41-30(32)33)24(15-19)40-4/h5-16,27,30H,1-4H3,(H,35,37). The van der Waals surface area contributed by atoms with Crippen LogP contribution in [0.4, 0.5) is 14.5 Å². The second-order valence-electron chi connectivity index (χ2n) is 9.41. The Morgan fingerprint density at radius 3 is 2.43 bits per heavy atom. The third-order valence-electron chi connectivity index (χ3n) is 6.79. The highest BCUT2D eigenvalue weighted by atomic mass is 32.1. The van der Waals surface area contributed by atoms with Gasteiger partial charge in [-0.25, -0.2) is 4.99 Å². The van der Waals surface area contributed by atoms with Gasteiger partial charge in [-0.1, -0.05) is 47.7 Å². The van der Waals surface area contributed by atoms with Crippen molar-refractivity contribution in [3.63, 3.8) is 0 Å². The molecule has 0 bridgehead atoms. The maximum atomic E-state index is 13.9. The molecule has 4 aromatic rings. The molecule has 3 aromatic carbocycles. The Hall–Kier alpha value is -4.77. The van der Waals surface area contributed by atoms with Crippen LogP contribution in [0.5, 0.6) is 17.2 Å². The number of methoxy groups -OCH3 is 2. The van der Waals surface area contributed by atoms with Crippen molar-refractivity contribution in [2.24, 2.45) is 4.99 Å². The number of aromatic nitrogens is 1. The molecule has 0 saturated heterocycles. The maximum absolute atomic E-state index is 13.9. The van der Waals surface area contributed by atoms with Crippen molar-refractivity contribution in [3.05, 3.63) is 114 Å². The molecule has 1 aliphatic heterocycles. The van der Waals surface area contributed by atoms with Gasteiger partial charge in [0.1, 0.15) is 5.75 Å². The van der Waals surface area contributed by atoms with Crippen molar-refractivity contribution < 1.29 is 27.8 Å². The van der Waals surface area contributed by atoms with Gasteiger partial charge in [0.2, 0.25) is 0 Å². The number of hydrogen-bond donors (Lipinski definition) is 1. The maximum Gasteiger partial charge on any atom is 0.387 e. The zero-order valence-electron chi connectivity index (χ0n) is 23.2. The van der Waals surface area contributed by atoms with Crippen molar-refractivity contribution in [1.82, 2.24) is 4.57 Å². The fourth-order valence-electron chi connectivity index (χ4n) is 4.73. The van der Waals surface area contributed by atoms with Gasteiger partial charge < -0.3 is 19.5 Å². The molecule has 1 unspecified atom stereocenters. The summed E-state index contributed by atoms with van der Waals surface area (Å²) >= 11 is 1.16. The Labute approximate surface area is 243 Å². The van der Waals surface area contributed by atoms with E-state index < -0.39 is 12.7 Å². The number of halogens is 2. The molecule has 2 heterocycles. The SMILES string of the molecule is COc1ccc(C2C(C(=O)Nc3ccccc3C)=C(C)N=c3sc(=Cc4ccc(OC(F)F)c(OC)c4)c(=O)n32)cc1. The number of benzene rings is 3. The van der Waals surface area contributed by atoms with E-state index in [0.29, 0.717) is 43.2 Å². The molecule has 11 heteroatoms. The first-order chi connectivity index (χ1) is 20.2. The van der Waals surface area contributed by atoms with Crippen molar-refractivity contribution in [2.75, 3.05) is 19.5 Å². The molecular weight excluding hydrogens is 564 g/mol. The first kappa shape index (κ1) is 28.7. The van der Waals surface area contributed by atoms with E-state index in [1.165, 1.54) is 23.8 Å².